The Hall–Kier alpha value is -1.39. The number of carbonyl (C=O) groups is 3. The van der Waals surface area contributed by atoms with E-state index in [1.165, 1.54) is 0 Å². The average molecular weight is 144 g/mol. The van der Waals surface area contributed by atoms with Crippen molar-refractivity contribution in [3.63, 3.8) is 0 Å². The summed E-state index contributed by atoms with van der Waals surface area (Å²) in [4.78, 5) is 30.7. The Morgan fingerprint density at radius 3 is 2.20 bits per heavy atom. The Bertz CT molecular complexity index is 192. The molecule has 10 heavy (non-hydrogen) atoms. The van der Waals surface area contributed by atoms with Gasteiger partial charge in [-0.05, 0) is 0 Å². The number of carbonyl (C=O) groups excluding carboxylic acids is 3. The Morgan fingerprint density at radius 1 is 1.50 bits per heavy atom. The zero-order valence-electron chi connectivity index (χ0n) is 5.12. The fourth-order valence-corrected chi connectivity index (χ4v) is 0.507. The van der Waals surface area contributed by atoms with Crippen molar-refractivity contribution >= 4 is 17.9 Å². The molecule has 5 heteroatoms. The maximum atomic E-state index is 10.3. The molecule has 0 N–H and O–H groups in total. The van der Waals surface area contributed by atoms with Gasteiger partial charge >= 0.3 is 17.9 Å². The predicted octanol–water partition coefficient (Wildman–Crippen LogP) is -0.999. The van der Waals surface area contributed by atoms with Crippen LogP contribution in [0, 0.1) is 0 Å². The van der Waals surface area contributed by atoms with Crippen molar-refractivity contribution in [1.29, 1.82) is 0 Å². The highest BCUT2D eigenvalue weighted by molar-refractivity contribution is 6.13. The van der Waals surface area contributed by atoms with Gasteiger partial charge in [0, 0.05) is 6.92 Å². The van der Waals surface area contributed by atoms with Crippen molar-refractivity contribution < 1.29 is 23.9 Å². The summed E-state index contributed by atoms with van der Waals surface area (Å²) in [5.74, 6) is -2.28. The van der Waals surface area contributed by atoms with Crippen LogP contribution in [0.25, 0.3) is 0 Å². The van der Waals surface area contributed by atoms with Crippen LogP contribution < -0.4 is 0 Å². The number of hydrogen-bond acceptors (Lipinski definition) is 5. The van der Waals surface area contributed by atoms with Crippen molar-refractivity contribution in [1.82, 2.24) is 0 Å². The number of hydrogen-bond donors (Lipinski definition) is 0. The lowest BCUT2D eigenvalue weighted by molar-refractivity contribution is -0.199. The molecule has 0 saturated carbocycles. The van der Waals surface area contributed by atoms with Gasteiger partial charge < -0.3 is 9.47 Å². The first-order valence-electron chi connectivity index (χ1n) is 2.54. The number of ether oxygens (including phenoxy) is 2. The average Bonchev–Trinajstić information content (AvgIpc) is 1.84. The number of rotatable bonds is 1. The van der Waals surface area contributed by atoms with Crippen LogP contribution in [0.3, 0.4) is 0 Å². The molecule has 1 saturated heterocycles. The SMILES string of the molecule is CC(=O)OC1C(=O)OC1=O. The maximum absolute atomic E-state index is 10.3. The molecule has 0 bridgehead atoms. The zero-order chi connectivity index (χ0) is 7.72. The van der Waals surface area contributed by atoms with Gasteiger partial charge in [-0.1, -0.05) is 0 Å². The Balaban J connectivity index is 2.48. The van der Waals surface area contributed by atoms with Crippen LogP contribution in [-0.2, 0) is 23.9 Å². The van der Waals surface area contributed by atoms with E-state index in [1.54, 1.807) is 0 Å². The first-order chi connectivity index (χ1) is 4.61. The summed E-state index contributed by atoms with van der Waals surface area (Å²) in [6, 6.07) is 0. The summed E-state index contributed by atoms with van der Waals surface area (Å²) >= 11 is 0. The van der Waals surface area contributed by atoms with Gasteiger partial charge in [-0.15, -0.1) is 0 Å². The lowest BCUT2D eigenvalue weighted by Crippen LogP contribution is -2.48. The van der Waals surface area contributed by atoms with Crippen molar-refractivity contribution in [2.45, 2.75) is 13.0 Å². The second-order valence-corrected chi connectivity index (χ2v) is 1.73. The molecule has 0 aromatic heterocycles. The van der Waals surface area contributed by atoms with E-state index in [4.69, 9.17) is 0 Å². The number of esters is 3. The van der Waals surface area contributed by atoms with Crippen LogP contribution in [0.1, 0.15) is 6.92 Å². The summed E-state index contributed by atoms with van der Waals surface area (Å²) < 4.78 is 8.15. The summed E-state index contributed by atoms with van der Waals surface area (Å²) in [6.07, 6.45) is -1.31. The van der Waals surface area contributed by atoms with E-state index in [0.29, 0.717) is 0 Å². The van der Waals surface area contributed by atoms with E-state index in [1.807, 2.05) is 0 Å². The fraction of sp³-hybridized carbons (Fsp3) is 0.400. The van der Waals surface area contributed by atoms with Crippen molar-refractivity contribution in [3.8, 4) is 0 Å². The molecule has 0 unspecified atom stereocenters. The summed E-state index contributed by atoms with van der Waals surface area (Å²) in [7, 11) is 0. The molecule has 1 aliphatic heterocycles. The minimum absolute atomic E-state index is 0.671. The first kappa shape index (κ1) is 6.73. The molecule has 1 aliphatic rings. The molecular formula is C5H4O5. The lowest BCUT2D eigenvalue weighted by atomic mass is 10.3. The van der Waals surface area contributed by atoms with Crippen LogP contribution in [-0.4, -0.2) is 24.0 Å². The van der Waals surface area contributed by atoms with Crippen molar-refractivity contribution in [2.75, 3.05) is 0 Å². The normalized spacial score (nSPS) is 17.7. The molecule has 0 spiro atoms. The summed E-state index contributed by atoms with van der Waals surface area (Å²) in [6.45, 7) is 1.11. The predicted molar refractivity (Wildman–Crippen MR) is 26.7 cm³/mol. The molecular weight excluding hydrogens is 140 g/mol. The minimum atomic E-state index is -1.31. The molecule has 54 valence electrons. The van der Waals surface area contributed by atoms with E-state index in [2.05, 4.69) is 9.47 Å². The first-order valence-corrected chi connectivity index (χ1v) is 2.54. The third kappa shape index (κ3) is 0.975. The van der Waals surface area contributed by atoms with Gasteiger partial charge in [-0.2, -0.15) is 0 Å². The zero-order valence-corrected chi connectivity index (χ0v) is 5.12. The Labute approximate surface area is 55.9 Å². The van der Waals surface area contributed by atoms with E-state index in [9.17, 15) is 14.4 Å². The van der Waals surface area contributed by atoms with Gasteiger partial charge in [0.25, 0.3) is 6.10 Å². The van der Waals surface area contributed by atoms with Gasteiger partial charge in [-0.25, -0.2) is 9.59 Å². The van der Waals surface area contributed by atoms with E-state index in [-0.39, 0.29) is 0 Å². The van der Waals surface area contributed by atoms with Crippen LogP contribution in [0.2, 0.25) is 0 Å². The maximum Gasteiger partial charge on any atom is 0.367 e. The second-order valence-electron chi connectivity index (χ2n) is 1.73. The molecule has 0 aromatic carbocycles. The molecule has 0 atom stereocenters. The monoisotopic (exact) mass is 144 g/mol. The van der Waals surface area contributed by atoms with Gasteiger partial charge in [0.05, 0.1) is 0 Å². The molecule has 0 radical (unpaired) electrons. The molecule has 0 aliphatic carbocycles. The molecule has 1 fully saturated rings. The molecule has 1 rings (SSSR count). The highest BCUT2D eigenvalue weighted by Crippen LogP contribution is 2.09. The fourth-order valence-electron chi connectivity index (χ4n) is 0.507. The molecule has 5 nitrogen and oxygen atoms in total. The van der Waals surface area contributed by atoms with Crippen LogP contribution in [0.4, 0.5) is 0 Å². The van der Waals surface area contributed by atoms with E-state index >= 15 is 0 Å². The minimum Gasteiger partial charge on any atom is -0.438 e. The Morgan fingerprint density at radius 2 is 2.00 bits per heavy atom. The van der Waals surface area contributed by atoms with Crippen LogP contribution in [0.15, 0.2) is 0 Å². The number of cyclic esters (lactones) is 2. The topological polar surface area (TPSA) is 69.7 Å². The highest BCUT2D eigenvalue weighted by Gasteiger charge is 2.44. The van der Waals surface area contributed by atoms with Crippen molar-refractivity contribution in [3.05, 3.63) is 0 Å². The second kappa shape index (κ2) is 2.09. The lowest BCUT2D eigenvalue weighted by Gasteiger charge is -2.20. The molecule has 0 amide bonds. The van der Waals surface area contributed by atoms with Crippen LogP contribution >= 0.6 is 0 Å². The standard InChI is InChI=1S/C5H4O5/c1-2(6)9-3-4(7)10-5(3)8/h3H,1H3. The third-order valence-corrected chi connectivity index (χ3v) is 0.913. The van der Waals surface area contributed by atoms with Gasteiger partial charge in [-0.3, -0.25) is 4.79 Å². The smallest absolute Gasteiger partial charge is 0.367 e. The quantitative estimate of drug-likeness (QED) is 0.348. The highest BCUT2D eigenvalue weighted by atomic mass is 16.7. The Kier molecular flexibility index (Phi) is 1.41. The molecule has 1 heterocycles. The van der Waals surface area contributed by atoms with Crippen molar-refractivity contribution in [2.24, 2.45) is 0 Å². The summed E-state index contributed by atoms with van der Waals surface area (Å²) in [5, 5.41) is 0. The molecule has 0 aromatic rings. The van der Waals surface area contributed by atoms with E-state index < -0.39 is 24.0 Å². The largest absolute Gasteiger partial charge is 0.438 e. The van der Waals surface area contributed by atoms with Crippen LogP contribution in [0.5, 0.6) is 0 Å². The summed E-state index contributed by atoms with van der Waals surface area (Å²) in [5.41, 5.74) is 0. The van der Waals surface area contributed by atoms with Gasteiger partial charge in [0.1, 0.15) is 0 Å². The van der Waals surface area contributed by atoms with Gasteiger partial charge in [0.15, 0.2) is 0 Å². The third-order valence-electron chi connectivity index (χ3n) is 0.913. The van der Waals surface area contributed by atoms with Gasteiger partial charge in [0.2, 0.25) is 0 Å². The van der Waals surface area contributed by atoms with E-state index in [0.717, 1.165) is 6.92 Å².